The first kappa shape index (κ1) is 10.3. The third-order valence-electron chi connectivity index (χ3n) is 2.02. The maximum Gasteiger partial charge on any atom is 0.278 e. The van der Waals surface area contributed by atoms with Gasteiger partial charge < -0.3 is 5.32 Å². The first-order chi connectivity index (χ1) is 7.66. The van der Waals surface area contributed by atoms with Gasteiger partial charge in [0.2, 0.25) is 0 Å². The lowest BCUT2D eigenvalue weighted by atomic mass is 10.3. The Morgan fingerprint density at radius 1 is 1.44 bits per heavy atom. The fourth-order valence-corrected chi connectivity index (χ4v) is 1.26. The van der Waals surface area contributed by atoms with Crippen molar-refractivity contribution in [3.8, 4) is 0 Å². The summed E-state index contributed by atoms with van der Waals surface area (Å²) in [6.45, 7) is 1.66. The van der Waals surface area contributed by atoms with E-state index in [9.17, 15) is 9.18 Å². The molecule has 0 spiro atoms. The average Bonchev–Trinajstić information content (AvgIpc) is 2.64. The number of aryl methyl sites for hydroxylation is 1. The van der Waals surface area contributed by atoms with Crippen LogP contribution in [0, 0.1) is 12.7 Å². The van der Waals surface area contributed by atoms with Crippen LogP contribution in [0.2, 0.25) is 0 Å². The highest BCUT2D eigenvalue weighted by Crippen LogP contribution is 2.10. The van der Waals surface area contributed by atoms with Gasteiger partial charge >= 0.3 is 0 Å². The van der Waals surface area contributed by atoms with Crippen molar-refractivity contribution in [3.63, 3.8) is 0 Å². The summed E-state index contributed by atoms with van der Waals surface area (Å²) in [7, 11) is 0. The molecule has 0 atom stereocenters. The topological polar surface area (TPSA) is 70.7 Å². The third kappa shape index (κ3) is 2.05. The Morgan fingerprint density at radius 2 is 2.25 bits per heavy atom. The Bertz CT molecular complexity index is 523. The second kappa shape index (κ2) is 4.09. The number of anilines is 1. The van der Waals surface area contributed by atoms with Gasteiger partial charge in [-0.2, -0.15) is 15.4 Å². The van der Waals surface area contributed by atoms with Crippen LogP contribution in [0.5, 0.6) is 0 Å². The maximum absolute atomic E-state index is 12.9. The monoisotopic (exact) mass is 220 g/mol. The molecule has 1 aromatic heterocycles. The SMILES string of the molecule is Cc1n[nH]nc1C(=O)Nc1cccc(F)c1. The zero-order valence-electron chi connectivity index (χ0n) is 8.49. The number of benzene rings is 1. The number of nitrogens with zero attached hydrogens (tertiary/aromatic N) is 2. The molecule has 0 bridgehead atoms. The van der Waals surface area contributed by atoms with Crippen LogP contribution >= 0.6 is 0 Å². The highest BCUT2D eigenvalue weighted by atomic mass is 19.1. The Hall–Kier alpha value is -2.24. The van der Waals surface area contributed by atoms with Crippen molar-refractivity contribution in [1.82, 2.24) is 15.4 Å². The van der Waals surface area contributed by atoms with Gasteiger partial charge in [-0.05, 0) is 25.1 Å². The molecular formula is C10H9FN4O. The molecule has 0 saturated heterocycles. The lowest BCUT2D eigenvalue weighted by molar-refractivity contribution is 0.102. The molecule has 0 unspecified atom stereocenters. The Labute approximate surface area is 90.7 Å². The van der Waals surface area contributed by atoms with Gasteiger partial charge in [0.25, 0.3) is 5.91 Å². The number of hydrogen-bond donors (Lipinski definition) is 2. The summed E-state index contributed by atoms with van der Waals surface area (Å²) >= 11 is 0. The second-order valence-corrected chi connectivity index (χ2v) is 3.22. The van der Waals surface area contributed by atoms with Crippen LogP contribution in [-0.2, 0) is 0 Å². The number of aromatic nitrogens is 3. The second-order valence-electron chi connectivity index (χ2n) is 3.22. The van der Waals surface area contributed by atoms with Crippen molar-refractivity contribution in [3.05, 3.63) is 41.5 Å². The van der Waals surface area contributed by atoms with Crippen molar-refractivity contribution in [2.75, 3.05) is 5.32 Å². The quantitative estimate of drug-likeness (QED) is 0.805. The van der Waals surface area contributed by atoms with E-state index in [0.29, 0.717) is 11.4 Å². The predicted molar refractivity (Wildman–Crippen MR) is 55.5 cm³/mol. The largest absolute Gasteiger partial charge is 0.320 e. The average molecular weight is 220 g/mol. The van der Waals surface area contributed by atoms with Crippen molar-refractivity contribution in [1.29, 1.82) is 0 Å². The number of halogens is 1. The summed E-state index contributed by atoms with van der Waals surface area (Å²) < 4.78 is 12.9. The number of amides is 1. The number of rotatable bonds is 2. The molecule has 2 rings (SSSR count). The summed E-state index contributed by atoms with van der Waals surface area (Å²) in [5.74, 6) is -0.827. The van der Waals surface area contributed by atoms with Crippen LogP contribution in [0.4, 0.5) is 10.1 Å². The molecule has 0 aliphatic rings. The zero-order valence-corrected chi connectivity index (χ0v) is 8.49. The van der Waals surface area contributed by atoms with Crippen LogP contribution < -0.4 is 5.32 Å². The lowest BCUT2D eigenvalue weighted by Gasteiger charge is -2.02. The molecule has 82 valence electrons. The van der Waals surface area contributed by atoms with E-state index in [1.807, 2.05) is 0 Å². The van der Waals surface area contributed by atoms with Crippen LogP contribution in [0.3, 0.4) is 0 Å². The standard InChI is InChI=1S/C10H9FN4O/c1-6-9(14-15-13-6)10(16)12-8-4-2-3-7(11)5-8/h2-5H,1H3,(H,12,16)(H,13,14,15). The normalized spacial score (nSPS) is 10.1. The van der Waals surface area contributed by atoms with Gasteiger partial charge in [-0.15, -0.1) is 0 Å². The molecule has 0 saturated carbocycles. The number of carbonyl (C=O) groups excluding carboxylic acids is 1. The Balaban J connectivity index is 2.17. The summed E-state index contributed by atoms with van der Waals surface area (Å²) in [5.41, 5.74) is 1.07. The fraction of sp³-hybridized carbons (Fsp3) is 0.100. The van der Waals surface area contributed by atoms with Gasteiger partial charge in [0.15, 0.2) is 5.69 Å². The zero-order chi connectivity index (χ0) is 11.5. The van der Waals surface area contributed by atoms with Crippen molar-refractivity contribution in [2.24, 2.45) is 0 Å². The summed E-state index contributed by atoms with van der Waals surface area (Å²) in [6.07, 6.45) is 0. The smallest absolute Gasteiger partial charge is 0.278 e. The summed E-state index contributed by atoms with van der Waals surface area (Å²) in [6, 6.07) is 5.64. The fourth-order valence-electron chi connectivity index (χ4n) is 1.26. The first-order valence-corrected chi connectivity index (χ1v) is 4.61. The maximum atomic E-state index is 12.9. The molecule has 2 N–H and O–H groups in total. The minimum absolute atomic E-state index is 0.198. The minimum atomic E-state index is -0.420. The molecule has 0 aliphatic heterocycles. The van der Waals surface area contributed by atoms with Gasteiger partial charge in [-0.3, -0.25) is 4.79 Å². The van der Waals surface area contributed by atoms with Crippen molar-refractivity contribution in [2.45, 2.75) is 6.92 Å². The van der Waals surface area contributed by atoms with E-state index in [2.05, 4.69) is 20.7 Å². The Morgan fingerprint density at radius 3 is 2.88 bits per heavy atom. The molecule has 1 aromatic carbocycles. The van der Waals surface area contributed by atoms with E-state index >= 15 is 0 Å². The van der Waals surface area contributed by atoms with Gasteiger partial charge in [0.05, 0.1) is 5.69 Å². The molecular weight excluding hydrogens is 211 g/mol. The van der Waals surface area contributed by atoms with Gasteiger partial charge in [-0.1, -0.05) is 6.07 Å². The van der Waals surface area contributed by atoms with E-state index < -0.39 is 11.7 Å². The Kier molecular flexibility index (Phi) is 2.63. The van der Waals surface area contributed by atoms with Crippen molar-refractivity contribution < 1.29 is 9.18 Å². The summed E-state index contributed by atoms with van der Waals surface area (Å²) in [4.78, 5) is 11.7. The van der Waals surface area contributed by atoms with Crippen molar-refractivity contribution >= 4 is 11.6 Å². The highest BCUT2D eigenvalue weighted by Gasteiger charge is 2.13. The van der Waals surface area contributed by atoms with Gasteiger partial charge in [0.1, 0.15) is 5.82 Å². The van der Waals surface area contributed by atoms with E-state index in [4.69, 9.17) is 0 Å². The number of H-pyrrole nitrogens is 1. The number of carbonyl (C=O) groups is 1. The van der Waals surface area contributed by atoms with Crippen LogP contribution in [0.1, 0.15) is 16.2 Å². The first-order valence-electron chi connectivity index (χ1n) is 4.61. The number of aromatic amines is 1. The third-order valence-corrected chi connectivity index (χ3v) is 2.02. The molecule has 1 heterocycles. The van der Waals surface area contributed by atoms with Crippen LogP contribution in [-0.4, -0.2) is 21.3 Å². The predicted octanol–water partition coefficient (Wildman–Crippen LogP) is 1.50. The summed E-state index contributed by atoms with van der Waals surface area (Å²) in [5, 5.41) is 12.3. The van der Waals surface area contributed by atoms with E-state index in [0.717, 1.165) is 0 Å². The van der Waals surface area contributed by atoms with Gasteiger partial charge in [-0.25, -0.2) is 4.39 Å². The molecule has 0 radical (unpaired) electrons. The lowest BCUT2D eigenvalue weighted by Crippen LogP contribution is -2.13. The molecule has 0 aliphatic carbocycles. The highest BCUT2D eigenvalue weighted by molar-refractivity contribution is 6.03. The van der Waals surface area contributed by atoms with Gasteiger partial charge in [0, 0.05) is 5.69 Å². The minimum Gasteiger partial charge on any atom is -0.320 e. The molecule has 1 amide bonds. The molecule has 6 heteroatoms. The molecule has 16 heavy (non-hydrogen) atoms. The molecule has 5 nitrogen and oxygen atoms in total. The van der Waals surface area contributed by atoms with E-state index in [1.165, 1.54) is 18.2 Å². The van der Waals surface area contributed by atoms with E-state index in [1.54, 1.807) is 13.0 Å². The van der Waals surface area contributed by atoms with Crippen LogP contribution in [0.25, 0.3) is 0 Å². The number of nitrogens with one attached hydrogen (secondary N) is 2. The van der Waals surface area contributed by atoms with E-state index in [-0.39, 0.29) is 5.69 Å². The van der Waals surface area contributed by atoms with Crippen LogP contribution in [0.15, 0.2) is 24.3 Å². The number of hydrogen-bond acceptors (Lipinski definition) is 3. The molecule has 2 aromatic rings. The molecule has 0 fully saturated rings.